The average molecular weight is 302 g/mol. The van der Waals surface area contributed by atoms with Crippen molar-refractivity contribution in [3.05, 3.63) is 24.0 Å². The second-order valence-electron chi connectivity index (χ2n) is 4.42. The van der Waals surface area contributed by atoms with Gasteiger partial charge in [-0.25, -0.2) is 0 Å². The van der Waals surface area contributed by atoms with E-state index in [1.807, 2.05) is 0 Å². The number of methoxy groups -OCH3 is 1. The van der Waals surface area contributed by atoms with E-state index >= 15 is 0 Å². The van der Waals surface area contributed by atoms with Crippen LogP contribution in [0.5, 0.6) is 0 Å². The van der Waals surface area contributed by atoms with E-state index in [1.165, 1.54) is 19.3 Å². The van der Waals surface area contributed by atoms with E-state index in [0.717, 1.165) is 6.42 Å². The van der Waals surface area contributed by atoms with Gasteiger partial charge in [-0.15, -0.1) is 0 Å². The third kappa shape index (κ3) is 2.47. The van der Waals surface area contributed by atoms with Gasteiger partial charge in [-0.1, -0.05) is 29.3 Å². The van der Waals surface area contributed by atoms with Gasteiger partial charge in [0.25, 0.3) is 0 Å². The number of hydrogen-bond donors (Lipinski definition) is 0. The molecule has 0 amide bonds. The Kier molecular flexibility index (Phi) is 4.11. The zero-order chi connectivity index (χ0) is 14.0. The molecule has 4 nitrogen and oxygen atoms in total. The van der Waals surface area contributed by atoms with Crippen molar-refractivity contribution < 1.29 is 14.3 Å². The van der Waals surface area contributed by atoms with Gasteiger partial charge in [0.05, 0.1) is 18.2 Å². The standard InChI is InChI=1S/C13H13Cl2NO3/c1-19-9-7-8(17)3-5-13(9)4-2-6-16-11(13)10(18)12(14)15/h3,5,7,12H,2,4,6H2,1H3. The molecule has 102 valence electrons. The summed E-state index contributed by atoms with van der Waals surface area (Å²) in [5.74, 6) is -0.195. The molecule has 1 unspecified atom stereocenters. The summed E-state index contributed by atoms with van der Waals surface area (Å²) in [7, 11) is 1.47. The molecule has 1 atom stereocenters. The molecule has 1 aliphatic carbocycles. The molecule has 0 aromatic rings. The number of alkyl halides is 2. The van der Waals surface area contributed by atoms with Gasteiger partial charge in [0.1, 0.15) is 5.76 Å². The van der Waals surface area contributed by atoms with E-state index in [0.29, 0.717) is 18.7 Å². The molecule has 0 aromatic carbocycles. The molecule has 1 heterocycles. The molecule has 1 spiro atoms. The van der Waals surface area contributed by atoms with E-state index in [2.05, 4.69) is 4.99 Å². The summed E-state index contributed by atoms with van der Waals surface area (Å²) >= 11 is 11.3. The molecule has 2 aliphatic rings. The largest absolute Gasteiger partial charge is 0.500 e. The fourth-order valence-electron chi connectivity index (χ4n) is 2.47. The minimum Gasteiger partial charge on any atom is -0.500 e. The highest BCUT2D eigenvalue weighted by atomic mass is 35.5. The minimum absolute atomic E-state index is 0.173. The summed E-state index contributed by atoms with van der Waals surface area (Å²) < 4.78 is 5.28. The Hall–Kier alpha value is -1.13. The molecule has 19 heavy (non-hydrogen) atoms. The highest BCUT2D eigenvalue weighted by Gasteiger charge is 2.46. The van der Waals surface area contributed by atoms with Crippen LogP contribution < -0.4 is 0 Å². The molecular weight excluding hydrogens is 289 g/mol. The Morgan fingerprint density at radius 3 is 2.89 bits per heavy atom. The van der Waals surface area contributed by atoms with Crippen LogP contribution in [0.25, 0.3) is 0 Å². The number of aliphatic imine (C=N–C) groups is 1. The van der Waals surface area contributed by atoms with E-state index in [4.69, 9.17) is 27.9 Å². The summed E-state index contributed by atoms with van der Waals surface area (Å²) in [5.41, 5.74) is -0.536. The summed E-state index contributed by atoms with van der Waals surface area (Å²) in [5, 5.41) is 0. The zero-order valence-electron chi connectivity index (χ0n) is 10.4. The topological polar surface area (TPSA) is 55.7 Å². The van der Waals surface area contributed by atoms with Gasteiger partial charge in [0, 0.05) is 12.6 Å². The molecule has 0 radical (unpaired) electrons. The first-order valence-corrected chi connectivity index (χ1v) is 6.75. The first kappa shape index (κ1) is 14.3. The Labute approximate surface area is 121 Å². The normalized spacial score (nSPS) is 26.4. The predicted octanol–water partition coefficient (Wildman–Crippen LogP) is 2.25. The van der Waals surface area contributed by atoms with Gasteiger partial charge in [-0.2, -0.15) is 0 Å². The van der Waals surface area contributed by atoms with Crippen LogP contribution in [0.2, 0.25) is 0 Å². The summed E-state index contributed by atoms with van der Waals surface area (Å²) in [4.78, 5) is 26.7. The maximum Gasteiger partial charge on any atom is 0.210 e. The van der Waals surface area contributed by atoms with E-state index in [1.54, 1.807) is 6.08 Å². The maximum absolute atomic E-state index is 12.1. The highest BCUT2D eigenvalue weighted by Crippen LogP contribution is 2.42. The van der Waals surface area contributed by atoms with Crippen LogP contribution >= 0.6 is 23.2 Å². The summed E-state index contributed by atoms with van der Waals surface area (Å²) in [6.45, 7) is 0.544. The number of halogens is 2. The Balaban J connectivity index is 2.51. The van der Waals surface area contributed by atoms with Crippen molar-refractivity contribution in [1.29, 1.82) is 0 Å². The number of nitrogens with zero attached hydrogens (tertiary/aromatic N) is 1. The molecule has 0 saturated heterocycles. The number of ether oxygens (including phenoxy) is 1. The van der Waals surface area contributed by atoms with E-state index < -0.39 is 16.0 Å². The summed E-state index contributed by atoms with van der Waals surface area (Å²) in [6, 6.07) is 0. The maximum atomic E-state index is 12.1. The molecular formula is C13H13Cl2NO3. The molecule has 0 N–H and O–H groups in total. The first-order valence-electron chi connectivity index (χ1n) is 5.88. The van der Waals surface area contributed by atoms with Crippen molar-refractivity contribution in [2.24, 2.45) is 10.4 Å². The van der Waals surface area contributed by atoms with Crippen molar-refractivity contribution in [3.63, 3.8) is 0 Å². The Morgan fingerprint density at radius 1 is 1.53 bits per heavy atom. The lowest BCUT2D eigenvalue weighted by molar-refractivity contribution is -0.113. The molecule has 0 bridgehead atoms. The van der Waals surface area contributed by atoms with Gasteiger partial charge >= 0.3 is 0 Å². The van der Waals surface area contributed by atoms with Gasteiger partial charge in [0.2, 0.25) is 5.78 Å². The molecule has 0 aromatic heterocycles. The number of Topliss-reactive ketones (excluding diaryl/α,β-unsaturated/α-hetero) is 1. The van der Waals surface area contributed by atoms with Gasteiger partial charge in [0.15, 0.2) is 10.6 Å². The van der Waals surface area contributed by atoms with Crippen LogP contribution in [0.1, 0.15) is 12.8 Å². The van der Waals surface area contributed by atoms with Crippen molar-refractivity contribution in [3.8, 4) is 0 Å². The molecule has 2 rings (SSSR count). The number of hydrogen-bond acceptors (Lipinski definition) is 4. The SMILES string of the molecule is COC1=CC(=O)C=CC12CCCN=C2C(=O)C(Cl)Cl. The van der Waals surface area contributed by atoms with Crippen molar-refractivity contribution in [2.45, 2.75) is 17.7 Å². The number of carbonyl (C=O) groups is 2. The van der Waals surface area contributed by atoms with Crippen molar-refractivity contribution in [1.82, 2.24) is 0 Å². The second kappa shape index (κ2) is 5.47. The van der Waals surface area contributed by atoms with E-state index in [-0.39, 0.29) is 11.5 Å². The lowest BCUT2D eigenvalue weighted by Gasteiger charge is -2.36. The van der Waals surface area contributed by atoms with Crippen LogP contribution in [-0.4, -0.2) is 35.8 Å². The zero-order valence-corrected chi connectivity index (χ0v) is 11.9. The Morgan fingerprint density at radius 2 is 2.26 bits per heavy atom. The van der Waals surface area contributed by atoms with Gasteiger partial charge < -0.3 is 4.74 Å². The van der Waals surface area contributed by atoms with Crippen molar-refractivity contribution in [2.75, 3.05) is 13.7 Å². The molecule has 1 aliphatic heterocycles. The Bertz CT molecular complexity index is 508. The first-order chi connectivity index (χ1) is 9.01. The quantitative estimate of drug-likeness (QED) is 0.751. The van der Waals surface area contributed by atoms with Crippen LogP contribution in [-0.2, 0) is 14.3 Å². The lowest BCUT2D eigenvalue weighted by Crippen LogP contribution is -2.43. The number of carbonyl (C=O) groups excluding carboxylic acids is 2. The number of allylic oxidation sites excluding steroid dienone is 3. The molecule has 0 saturated carbocycles. The fraction of sp³-hybridized carbons (Fsp3) is 0.462. The van der Waals surface area contributed by atoms with Crippen LogP contribution in [0.4, 0.5) is 0 Å². The minimum atomic E-state index is -1.17. The highest BCUT2D eigenvalue weighted by molar-refractivity contribution is 6.65. The molecule has 6 heteroatoms. The third-order valence-electron chi connectivity index (χ3n) is 3.32. The van der Waals surface area contributed by atoms with E-state index in [9.17, 15) is 9.59 Å². The van der Waals surface area contributed by atoms with Crippen LogP contribution in [0.3, 0.4) is 0 Å². The van der Waals surface area contributed by atoms with Crippen LogP contribution in [0.15, 0.2) is 29.0 Å². The fourth-order valence-corrected chi connectivity index (χ4v) is 2.67. The number of ketones is 2. The molecule has 0 fully saturated rings. The average Bonchev–Trinajstić information content (AvgIpc) is 2.41. The van der Waals surface area contributed by atoms with Gasteiger partial charge in [-0.3, -0.25) is 14.6 Å². The second-order valence-corrected chi connectivity index (χ2v) is 5.51. The van der Waals surface area contributed by atoms with Gasteiger partial charge in [-0.05, 0) is 18.9 Å². The third-order valence-corrected chi connectivity index (χ3v) is 3.71. The lowest BCUT2D eigenvalue weighted by atomic mass is 9.71. The monoisotopic (exact) mass is 301 g/mol. The summed E-state index contributed by atoms with van der Waals surface area (Å²) in [6.07, 6.45) is 5.91. The van der Waals surface area contributed by atoms with Crippen LogP contribution in [0, 0.1) is 5.41 Å². The number of rotatable bonds is 3. The smallest absolute Gasteiger partial charge is 0.210 e. The van der Waals surface area contributed by atoms with Crippen molar-refractivity contribution >= 4 is 40.5 Å². The predicted molar refractivity (Wildman–Crippen MR) is 73.7 cm³/mol.